The molecule has 0 N–H and O–H groups in total. The molecule has 1 saturated heterocycles. The van der Waals surface area contributed by atoms with Crippen LogP contribution in [0.4, 0.5) is 0 Å². The lowest BCUT2D eigenvalue weighted by Crippen LogP contribution is -2.32. The third-order valence-corrected chi connectivity index (χ3v) is 14.1. The van der Waals surface area contributed by atoms with Crippen LogP contribution >= 0.6 is 0 Å². The predicted octanol–water partition coefficient (Wildman–Crippen LogP) is 16.1. The van der Waals surface area contributed by atoms with Crippen LogP contribution in [-0.4, -0.2) is 70.9 Å². The van der Waals surface area contributed by atoms with Crippen molar-refractivity contribution in [3.8, 4) is 12.1 Å². The molecule has 0 saturated carbocycles. The number of ether oxygens (including phenoxy) is 6. The van der Waals surface area contributed by atoms with Gasteiger partial charge in [-0.3, -0.25) is 0 Å². The Bertz CT molecular complexity index is 1630. The number of hydrogen-bond donors (Lipinski definition) is 0. The van der Waals surface area contributed by atoms with E-state index < -0.39 is 5.79 Å². The minimum absolute atomic E-state index is 0.130. The summed E-state index contributed by atoms with van der Waals surface area (Å²) in [6, 6.07) is 19.1. The van der Waals surface area contributed by atoms with E-state index in [1.54, 1.807) is 0 Å². The van der Waals surface area contributed by atoms with Crippen LogP contribution < -0.4 is 0 Å². The zero-order chi connectivity index (χ0) is 52.2. The Balaban J connectivity index is 1.63. The molecule has 0 unspecified atom stereocenters. The van der Waals surface area contributed by atoms with Crippen molar-refractivity contribution < 1.29 is 28.4 Å². The number of benzene rings is 2. The van der Waals surface area contributed by atoms with Crippen LogP contribution in [0.15, 0.2) is 36.4 Å². The highest BCUT2D eigenvalue weighted by atomic mass is 16.8. The van der Waals surface area contributed by atoms with Crippen molar-refractivity contribution in [3.63, 3.8) is 0 Å². The molecule has 2 atom stereocenters. The molecular weight excluding hydrogens is 881 g/mol. The molecule has 1 aliphatic rings. The van der Waals surface area contributed by atoms with Crippen molar-refractivity contribution >= 4 is 0 Å². The number of hydrogen-bond acceptors (Lipinski definition) is 8. The maximum absolute atomic E-state index is 8.82. The Hall–Kier alpha value is -2.82. The first-order valence-electron chi connectivity index (χ1n) is 28.4. The predicted molar refractivity (Wildman–Crippen MR) is 294 cm³/mol. The molecule has 2 aromatic rings. The van der Waals surface area contributed by atoms with Crippen LogP contribution in [0.5, 0.6) is 0 Å². The molecule has 8 heteroatoms. The fraction of sp³-hybridized carbons (Fsp3) is 0.778. The molecule has 0 bridgehead atoms. The van der Waals surface area contributed by atoms with Crippen LogP contribution in [0.3, 0.4) is 0 Å². The van der Waals surface area contributed by atoms with Crippen LogP contribution in [0, 0.1) is 22.7 Å². The molecule has 1 aliphatic heterocycles. The average Bonchev–Trinajstić information content (AvgIpc) is 3.64. The zero-order valence-electron chi connectivity index (χ0n) is 47.7. The van der Waals surface area contributed by atoms with Gasteiger partial charge < -0.3 is 28.4 Å². The first kappa shape index (κ1) is 62.5. The minimum Gasteiger partial charge on any atom is -0.379 e. The molecular formula is C63H104N2O6. The van der Waals surface area contributed by atoms with E-state index in [9.17, 15) is 0 Å². The van der Waals surface area contributed by atoms with Crippen LogP contribution in [0.25, 0.3) is 0 Å². The third-order valence-electron chi connectivity index (χ3n) is 14.1. The third kappa shape index (κ3) is 25.8. The summed E-state index contributed by atoms with van der Waals surface area (Å²) in [6.45, 7) is 32.2. The van der Waals surface area contributed by atoms with Crippen molar-refractivity contribution in [2.45, 2.75) is 264 Å². The lowest BCUT2D eigenvalue weighted by atomic mass is 9.79. The average molecular weight is 986 g/mol. The maximum Gasteiger partial charge on any atom is 0.169 e. The summed E-state index contributed by atoms with van der Waals surface area (Å²) in [6.07, 6.45) is 22.2. The van der Waals surface area contributed by atoms with E-state index in [-0.39, 0.29) is 33.9 Å². The Morgan fingerprint density at radius 3 is 1.04 bits per heavy atom. The van der Waals surface area contributed by atoms with Gasteiger partial charge in [0.05, 0.1) is 51.8 Å². The van der Waals surface area contributed by atoms with Crippen LogP contribution in [0.2, 0.25) is 0 Å². The van der Waals surface area contributed by atoms with Crippen LogP contribution in [0.1, 0.15) is 245 Å². The fourth-order valence-electron chi connectivity index (χ4n) is 9.30. The SMILES string of the molecule is CC(C)(C)c1cc(CCCCCCCC2(CCCCCCCc3cc(C(C)(C)C)cc(C(C)(C)C)c3)O[C@H](COCCOCCCCCC#N)[C@@H](COCCOCCCCCC#N)O2)cc(C(C)(C)C)c1. The summed E-state index contributed by atoms with van der Waals surface area (Å²) in [5.41, 5.74) is 9.20. The smallest absolute Gasteiger partial charge is 0.169 e. The number of aryl methyl sites for hydroxylation is 2. The molecule has 0 radical (unpaired) electrons. The Kier molecular flexibility index (Phi) is 28.6. The Morgan fingerprint density at radius 1 is 0.394 bits per heavy atom. The highest BCUT2D eigenvalue weighted by molar-refractivity contribution is 5.38. The highest BCUT2D eigenvalue weighted by Crippen LogP contribution is 2.39. The second-order valence-electron chi connectivity index (χ2n) is 24.9. The first-order chi connectivity index (χ1) is 33.7. The standard InChI is InChI=1S/C63H104N2O6/c1-59(2,3)53-43-51(44-54(47-53)60(4,5)6)31-23-15-13-17-25-33-63(34-26-18-14-16-24-32-52-45-55(61(7,8)9)48-56(46-52)62(10,11)12)70-57(49-68-41-39-66-37-29-21-19-27-35-64)58(71-63)50-69-42-40-67-38-30-22-20-28-36-65/h43-48,57-58H,13-34,37-42,49-50H2,1-12H3/t57-,58-/m1/s1. The largest absolute Gasteiger partial charge is 0.379 e. The van der Waals surface area contributed by atoms with E-state index in [0.29, 0.717) is 65.7 Å². The summed E-state index contributed by atoms with van der Waals surface area (Å²) < 4.78 is 38.3. The van der Waals surface area contributed by atoms with Gasteiger partial charge in [0.1, 0.15) is 12.2 Å². The van der Waals surface area contributed by atoms with E-state index in [0.717, 1.165) is 89.9 Å². The van der Waals surface area contributed by atoms with E-state index in [1.807, 2.05) is 0 Å². The molecule has 0 aliphatic carbocycles. The molecule has 2 aromatic carbocycles. The van der Waals surface area contributed by atoms with Gasteiger partial charge in [0.25, 0.3) is 0 Å². The number of rotatable bonds is 36. The van der Waals surface area contributed by atoms with Gasteiger partial charge in [0.15, 0.2) is 5.79 Å². The van der Waals surface area contributed by atoms with E-state index in [1.165, 1.54) is 71.9 Å². The molecule has 1 heterocycles. The monoisotopic (exact) mass is 985 g/mol. The molecule has 71 heavy (non-hydrogen) atoms. The Labute approximate surface area is 436 Å². The molecule has 0 aromatic heterocycles. The van der Waals surface area contributed by atoms with Gasteiger partial charge in [-0.05, 0) is 119 Å². The normalized spacial score (nSPS) is 16.4. The second kappa shape index (κ2) is 32.5. The number of nitriles is 2. The zero-order valence-corrected chi connectivity index (χ0v) is 47.7. The van der Waals surface area contributed by atoms with Crippen molar-refractivity contribution in [2.24, 2.45) is 0 Å². The van der Waals surface area contributed by atoms with Crippen molar-refractivity contribution in [1.82, 2.24) is 0 Å². The molecule has 402 valence electrons. The van der Waals surface area contributed by atoms with E-state index in [4.69, 9.17) is 38.9 Å². The molecule has 0 amide bonds. The molecule has 3 rings (SSSR count). The first-order valence-corrected chi connectivity index (χ1v) is 28.4. The van der Waals surface area contributed by atoms with Gasteiger partial charge in [-0.2, -0.15) is 10.5 Å². The molecule has 1 fully saturated rings. The Morgan fingerprint density at radius 2 is 0.704 bits per heavy atom. The number of nitrogens with zero attached hydrogens (tertiary/aromatic N) is 2. The summed E-state index contributed by atoms with van der Waals surface area (Å²) in [5.74, 6) is -0.657. The molecule has 8 nitrogen and oxygen atoms in total. The van der Waals surface area contributed by atoms with Gasteiger partial charge in [0.2, 0.25) is 0 Å². The topological polar surface area (TPSA) is 103 Å². The second-order valence-corrected chi connectivity index (χ2v) is 24.9. The minimum atomic E-state index is -0.657. The number of unbranched alkanes of at least 4 members (excludes halogenated alkanes) is 14. The van der Waals surface area contributed by atoms with Gasteiger partial charge >= 0.3 is 0 Å². The van der Waals surface area contributed by atoms with E-state index in [2.05, 4.69) is 132 Å². The quantitative estimate of drug-likeness (QED) is 0.0622. The summed E-state index contributed by atoms with van der Waals surface area (Å²) in [4.78, 5) is 0. The lowest BCUT2D eigenvalue weighted by Gasteiger charge is -2.29. The van der Waals surface area contributed by atoms with Gasteiger partial charge in [-0.1, -0.05) is 171 Å². The fourth-order valence-corrected chi connectivity index (χ4v) is 9.30. The van der Waals surface area contributed by atoms with Crippen LogP contribution in [-0.2, 0) is 62.9 Å². The van der Waals surface area contributed by atoms with Gasteiger partial charge in [0, 0.05) is 38.9 Å². The summed E-state index contributed by atoms with van der Waals surface area (Å²) in [7, 11) is 0. The van der Waals surface area contributed by atoms with Crippen molar-refractivity contribution in [3.05, 3.63) is 69.8 Å². The van der Waals surface area contributed by atoms with E-state index >= 15 is 0 Å². The van der Waals surface area contributed by atoms with Gasteiger partial charge in [-0.25, -0.2) is 0 Å². The lowest BCUT2D eigenvalue weighted by molar-refractivity contribution is -0.193. The summed E-state index contributed by atoms with van der Waals surface area (Å²) >= 11 is 0. The van der Waals surface area contributed by atoms with Crippen molar-refractivity contribution in [1.29, 1.82) is 10.5 Å². The molecule has 0 spiro atoms. The summed E-state index contributed by atoms with van der Waals surface area (Å²) in [5, 5.41) is 17.6. The maximum atomic E-state index is 8.82. The van der Waals surface area contributed by atoms with Crippen molar-refractivity contribution in [2.75, 3.05) is 52.9 Å². The van der Waals surface area contributed by atoms with Gasteiger partial charge in [-0.15, -0.1) is 0 Å². The highest BCUT2D eigenvalue weighted by Gasteiger charge is 2.47.